The number of esters is 1. The van der Waals surface area contributed by atoms with Crippen molar-refractivity contribution >= 4 is 22.8 Å². The Hall–Kier alpha value is -3.08. The van der Waals surface area contributed by atoms with Crippen molar-refractivity contribution in [3.8, 4) is 0 Å². The average Bonchev–Trinajstić information content (AvgIpc) is 2.97. The van der Waals surface area contributed by atoms with Gasteiger partial charge in [-0.2, -0.15) is 0 Å². The van der Waals surface area contributed by atoms with Crippen LogP contribution in [0.5, 0.6) is 0 Å². The summed E-state index contributed by atoms with van der Waals surface area (Å²) in [6.45, 7) is 0. The average molecular weight is 336 g/mol. The third-order valence-electron chi connectivity index (χ3n) is 4.11. The summed E-state index contributed by atoms with van der Waals surface area (Å²) in [7, 11) is 5.16. The fraction of sp³-hybridized carbons (Fsp3) is 0.200. The van der Waals surface area contributed by atoms with E-state index in [0.29, 0.717) is 11.1 Å². The molecule has 0 aliphatic carbocycles. The summed E-state index contributed by atoms with van der Waals surface area (Å²) in [5, 5.41) is 0.805. The number of ether oxygens (including phenoxy) is 1. The summed E-state index contributed by atoms with van der Waals surface area (Å²) in [5.41, 5.74) is 2.03. The number of hydrogen-bond donors (Lipinski definition) is 0. The Morgan fingerprint density at radius 1 is 1.00 bits per heavy atom. The van der Waals surface area contributed by atoms with Crippen LogP contribution in [0.4, 0.5) is 0 Å². The van der Waals surface area contributed by atoms with E-state index in [-0.39, 0.29) is 5.91 Å². The van der Waals surface area contributed by atoms with Crippen molar-refractivity contribution in [1.29, 1.82) is 0 Å². The zero-order chi connectivity index (χ0) is 18.0. The van der Waals surface area contributed by atoms with Crippen molar-refractivity contribution in [1.82, 2.24) is 9.47 Å². The van der Waals surface area contributed by atoms with Gasteiger partial charge in [-0.15, -0.1) is 0 Å². The highest BCUT2D eigenvalue weighted by atomic mass is 16.5. The molecule has 25 heavy (non-hydrogen) atoms. The number of likely N-dealkylation sites (N-methyl/N-ethyl adjacent to an activating group) is 1. The SMILES string of the molecule is CN(C)C(=O)C(OC(=O)c1cn(C)c2ccccc12)c1ccccc1. The summed E-state index contributed by atoms with van der Waals surface area (Å²) in [6, 6.07) is 16.6. The Kier molecular flexibility index (Phi) is 4.57. The van der Waals surface area contributed by atoms with Crippen LogP contribution >= 0.6 is 0 Å². The van der Waals surface area contributed by atoms with E-state index in [9.17, 15) is 9.59 Å². The summed E-state index contributed by atoms with van der Waals surface area (Å²) in [6.07, 6.45) is 0.762. The van der Waals surface area contributed by atoms with Crippen molar-refractivity contribution in [2.75, 3.05) is 14.1 Å². The van der Waals surface area contributed by atoms with E-state index in [0.717, 1.165) is 10.9 Å². The quantitative estimate of drug-likeness (QED) is 0.688. The number of carbonyl (C=O) groups is 2. The lowest BCUT2D eigenvalue weighted by Gasteiger charge is -2.21. The fourth-order valence-corrected chi connectivity index (χ4v) is 2.80. The van der Waals surface area contributed by atoms with Crippen molar-refractivity contribution in [2.45, 2.75) is 6.10 Å². The second-order valence-corrected chi connectivity index (χ2v) is 6.10. The molecule has 0 radical (unpaired) electrons. The molecule has 1 amide bonds. The number of fused-ring (bicyclic) bond motifs is 1. The second kappa shape index (κ2) is 6.81. The normalized spacial score (nSPS) is 12.0. The molecule has 5 nitrogen and oxygen atoms in total. The van der Waals surface area contributed by atoms with E-state index in [1.54, 1.807) is 32.4 Å². The van der Waals surface area contributed by atoms with Gasteiger partial charge in [0.15, 0.2) is 0 Å². The lowest BCUT2D eigenvalue weighted by Crippen LogP contribution is -2.31. The van der Waals surface area contributed by atoms with E-state index in [2.05, 4.69) is 0 Å². The highest BCUT2D eigenvalue weighted by Crippen LogP contribution is 2.25. The maximum Gasteiger partial charge on any atom is 0.341 e. The second-order valence-electron chi connectivity index (χ2n) is 6.10. The summed E-state index contributed by atoms with van der Waals surface area (Å²) >= 11 is 0. The van der Waals surface area contributed by atoms with Crippen LogP contribution < -0.4 is 0 Å². The molecule has 0 fully saturated rings. The molecule has 0 bridgehead atoms. The first-order chi connectivity index (χ1) is 12.0. The third-order valence-corrected chi connectivity index (χ3v) is 4.11. The number of hydrogen-bond acceptors (Lipinski definition) is 3. The third kappa shape index (κ3) is 3.26. The van der Waals surface area contributed by atoms with Gasteiger partial charge in [0, 0.05) is 43.8 Å². The van der Waals surface area contributed by atoms with Gasteiger partial charge in [0.25, 0.3) is 5.91 Å². The predicted molar refractivity (Wildman–Crippen MR) is 96.2 cm³/mol. The number of nitrogens with zero attached hydrogens (tertiary/aromatic N) is 2. The molecule has 1 aromatic heterocycles. The van der Waals surface area contributed by atoms with Crippen LogP contribution in [0, 0.1) is 0 Å². The summed E-state index contributed by atoms with van der Waals surface area (Å²) in [4.78, 5) is 26.7. The molecule has 0 aliphatic rings. The minimum atomic E-state index is -0.970. The first-order valence-electron chi connectivity index (χ1n) is 8.00. The van der Waals surface area contributed by atoms with Gasteiger partial charge >= 0.3 is 5.97 Å². The van der Waals surface area contributed by atoms with Gasteiger partial charge in [-0.1, -0.05) is 48.5 Å². The molecule has 2 aromatic carbocycles. The predicted octanol–water partition coefficient (Wildman–Crippen LogP) is 3.16. The van der Waals surface area contributed by atoms with Gasteiger partial charge in [0.05, 0.1) is 5.56 Å². The Morgan fingerprint density at radius 3 is 2.32 bits per heavy atom. The summed E-state index contributed by atoms with van der Waals surface area (Å²) in [5.74, 6) is -0.791. The van der Waals surface area contributed by atoms with Gasteiger partial charge in [-0.3, -0.25) is 4.79 Å². The van der Waals surface area contributed by atoms with Crippen molar-refractivity contribution < 1.29 is 14.3 Å². The molecular formula is C20H20N2O3. The van der Waals surface area contributed by atoms with Crippen molar-refractivity contribution in [2.24, 2.45) is 7.05 Å². The highest BCUT2D eigenvalue weighted by molar-refractivity contribution is 6.05. The van der Waals surface area contributed by atoms with Gasteiger partial charge < -0.3 is 14.2 Å². The number of aromatic nitrogens is 1. The van der Waals surface area contributed by atoms with Gasteiger partial charge in [-0.05, 0) is 6.07 Å². The fourth-order valence-electron chi connectivity index (χ4n) is 2.80. The van der Waals surface area contributed by atoms with Crippen LogP contribution in [0.3, 0.4) is 0 Å². The van der Waals surface area contributed by atoms with E-state index >= 15 is 0 Å². The highest BCUT2D eigenvalue weighted by Gasteiger charge is 2.28. The van der Waals surface area contributed by atoms with Crippen LogP contribution in [-0.4, -0.2) is 35.4 Å². The molecule has 1 unspecified atom stereocenters. The molecule has 0 aliphatic heterocycles. The lowest BCUT2D eigenvalue weighted by atomic mass is 10.1. The maximum atomic E-state index is 12.8. The van der Waals surface area contributed by atoms with Crippen LogP contribution in [0.2, 0.25) is 0 Å². The molecule has 3 aromatic rings. The number of carbonyl (C=O) groups excluding carboxylic acids is 2. The van der Waals surface area contributed by atoms with E-state index in [1.165, 1.54) is 4.90 Å². The van der Waals surface area contributed by atoms with Crippen LogP contribution in [-0.2, 0) is 16.6 Å². The van der Waals surface area contributed by atoms with E-state index in [4.69, 9.17) is 4.74 Å². The zero-order valence-corrected chi connectivity index (χ0v) is 14.5. The van der Waals surface area contributed by atoms with Crippen LogP contribution in [0.25, 0.3) is 10.9 Å². The van der Waals surface area contributed by atoms with Crippen molar-refractivity contribution in [3.05, 3.63) is 71.9 Å². The Balaban J connectivity index is 1.96. The maximum absolute atomic E-state index is 12.8. The molecule has 0 N–H and O–H groups in total. The van der Waals surface area contributed by atoms with Gasteiger partial charge in [0.2, 0.25) is 6.10 Å². The standard InChI is InChI=1S/C20H20N2O3/c1-21(2)19(23)18(14-9-5-4-6-10-14)25-20(24)16-13-22(3)17-12-8-7-11-15(16)17/h4-13,18H,1-3H3. The minimum absolute atomic E-state index is 0.278. The molecule has 5 heteroatoms. The molecule has 128 valence electrons. The molecule has 0 saturated carbocycles. The number of aryl methyl sites for hydroxylation is 1. The van der Waals surface area contributed by atoms with E-state index < -0.39 is 12.1 Å². The molecule has 3 rings (SSSR count). The van der Waals surface area contributed by atoms with Crippen molar-refractivity contribution in [3.63, 3.8) is 0 Å². The molecule has 1 atom stereocenters. The lowest BCUT2D eigenvalue weighted by molar-refractivity contribution is -0.138. The topological polar surface area (TPSA) is 51.5 Å². The number of para-hydroxylation sites is 1. The van der Waals surface area contributed by atoms with Gasteiger partial charge in [-0.25, -0.2) is 4.79 Å². The number of benzene rings is 2. The van der Waals surface area contributed by atoms with E-state index in [1.807, 2.05) is 54.1 Å². The Labute approximate surface area is 146 Å². The smallest absolute Gasteiger partial charge is 0.341 e. The monoisotopic (exact) mass is 336 g/mol. The number of amides is 1. The largest absolute Gasteiger partial charge is 0.444 e. The number of rotatable bonds is 4. The zero-order valence-electron chi connectivity index (χ0n) is 14.5. The first kappa shape index (κ1) is 16.8. The van der Waals surface area contributed by atoms with Crippen LogP contribution in [0.1, 0.15) is 22.0 Å². The molecular weight excluding hydrogens is 316 g/mol. The minimum Gasteiger partial charge on any atom is -0.444 e. The molecule has 0 spiro atoms. The molecule has 1 heterocycles. The first-order valence-corrected chi connectivity index (χ1v) is 8.00. The molecule has 0 saturated heterocycles. The Bertz CT molecular complexity index is 913. The summed E-state index contributed by atoms with van der Waals surface area (Å²) < 4.78 is 7.50. The van der Waals surface area contributed by atoms with Crippen LogP contribution in [0.15, 0.2) is 60.8 Å². The van der Waals surface area contributed by atoms with Gasteiger partial charge in [0.1, 0.15) is 0 Å². The Morgan fingerprint density at radius 2 is 1.64 bits per heavy atom.